The van der Waals surface area contributed by atoms with E-state index in [2.05, 4.69) is 10.1 Å². The van der Waals surface area contributed by atoms with Crippen molar-refractivity contribution in [2.45, 2.75) is 32.4 Å². The van der Waals surface area contributed by atoms with Gasteiger partial charge in [-0.05, 0) is 38.5 Å². The van der Waals surface area contributed by atoms with E-state index in [1.807, 2.05) is 36.9 Å². The molecule has 0 aliphatic carbocycles. The molecule has 0 spiro atoms. The van der Waals surface area contributed by atoms with Gasteiger partial charge in [0.05, 0.1) is 6.54 Å². The molecule has 7 heteroatoms. The molecular weight excluding hydrogens is 318 g/mol. The fourth-order valence-electron chi connectivity index (χ4n) is 3.37. The number of hydrogen-bond donors (Lipinski definition) is 1. The van der Waals surface area contributed by atoms with Crippen molar-refractivity contribution in [3.8, 4) is 0 Å². The number of aryl methyl sites for hydroxylation is 2. The molecule has 1 fully saturated rings. The normalized spacial score (nSPS) is 20.1. The van der Waals surface area contributed by atoms with Crippen LogP contribution in [0.2, 0.25) is 0 Å². The summed E-state index contributed by atoms with van der Waals surface area (Å²) in [6, 6.07) is 7.53. The predicted octanol–water partition coefficient (Wildman–Crippen LogP) is 1.32. The second-order valence-electron chi connectivity index (χ2n) is 6.73. The summed E-state index contributed by atoms with van der Waals surface area (Å²) in [7, 11) is 1.71. The van der Waals surface area contributed by atoms with Crippen molar-refractivity contribution < 1.29 is 9.90 Å². The maximum Gasteiger partial charge on any atom is 0.274 e. The van der Waals surface area contributed by atoms with E-state index in [4.69, 9.17) is 0 Å². The molecular formula is C18H25N5O2. The third-order valence-corrected chi connectivity index (χ3v) is 4.68. The van der Waals surface area contributed by atoms with Gasteiger partial charge in [0.15, 0.2) is 5.69 Å². The largest absolute Gasteiger partial charge is 0.386 e. The van der Waals surface area contributed by atoms with E-state index in [0.717, 1.165) is 24.6 Å². The van der Waals surface area contributed by atoms with Gasteiger partial charge in [0.2, 0.25) is 0 Å². The molecule has 1 saturated heterocycles. The first-order chi connectivity index (χ1) is 11.9. The molecule has 0 saturated carbocycles. The number of aromatic nitrogens is 3. The monoisotopic (exact) mass is 343 g/mol. The van der Waals surface area contributed by atoms with Crippen LogP contribution in [0.15, 0.2) is 30.5 Å². The summed E-state index contributed by atoms with van der Waals surface area (Å²) in [6.45, 7) is 6.11. The third kappa shape index (κ3) is 3.66. The number of likely N-dealkylation sites (N-methyl/N-ethyl adjacent to an activating group) is 1. The van der Waals surface area contributed by atoms with Gasteiger partial charge >= 0.3 is 0 Å². The average molecular weight is 343 g/mol. The first kappa shape index (κ1) is 17.4. The maximum atomic E-state index is 12.6. The van der Waals surface area contributed by atoms with Crippen LogP contribution in [-0.2, 0) is 6.54 Å². The molecule has 3 heterocycles. The number of hydrogen-bond acceptors (Lipinski definition) is 5. The minimum absolute atomic E-state index is 0.167. The van der Waals surface area contributed by atoms with E-state index >= 15 is 0 Å². The van der Waals surface area contributed by atoms with Crippen molar-refractivity contribution in [2.75, 3.05) is 31.6 Å². The van der Waals surface area contributed by atoms with Gasteiger partial charge in [-0.1, -0.05) is 6.07 Å². The van der Waals surface area contributed by atoms with Crippen LogP contribution in [0.1, 0.15) is 29.5 Å². The molecule has 2 aromatic heterocycles. The number of β-amino-alcohol motifs (C(OH)–C–C–N with tert-alkyl or cyclic N) is 1. The lowest BCUT2D eigenvalue weighted by Crippen LogP contribution is -2.46. The number of aliphatic hydroxyl groups is 1. The highest BCUT2D eigenvalue weighted by atomic mass is 16.3. The highest BCUT2D eigenvalue weighted by Gasteiger charge is 2.38. The molecule has 1 atom stereocenters. The lowest BCUT2D eigenvalue weighted by molar-refractivity contribution is 0.0261. The fraction of sp³-hybridized carbons (Fsp3) is 0.500. The second kappa shape index (κ2) is 6.84. The van der Waals surface area contributed by atoms with Gasteiger partial charge in [0.1, 0.15) is 11.4 Å². The van der Waals surface area contributed by atoms with Crippen LogP contribution in [0, 0.1) is 6.92 Å². The Hall–Kier alpha value is -2.41. The lowest BCUT2D eigenvalue weighted by atomic mass is 10.0. The zero-order valence-electron chi connectivity index (χ0n) is 15.0. The maximum absolute atomic E-state index is 12.6. The van der Waals surface area contributed by atoms with Gasteiger partial charge in [-0.3, -0.25) is 9.48 Å². The number of carbonyl (C=O) groups is 1. The Morgan fingerprint density at radius 2 is 2.24 bits per heavy atom. The molecule has 2 aromatic rings. The van der Waals surface area contributed by atoms with Gasteiger partial charge in [0.25, 0.3) is 5.91 Å². The van der Waals surface area contributed by atoms with Gasteiger partial charge in [-0.2, -0.15) is 5.10 Å². The molecule has 0 aromatic carbocycles. The van der Waals surface area contributed by atoms with Gasteiger partial charge in [-0.15, -0.1) is 0 Å². The zero-order chi connectivity index (χ0) is 18.0. The Kier molecular flexibility index (Phi) is 4.76. The lowest BCUT2D eigenvalue weighted by Gasteiger charge is -2.28. The summed E-state index contributed by atoms with van der Waals surface area (Å²) in [5.74, 6) is 0.685. The van der Waals surface area contributed by atoms with E-state index in [0.29, 0.717) is 18.7 Å². The van der Waals surface area contributed by atoms with Gasteiger partial charge in [-0.25, -0.2) is 4.98 Å². The van der Waals surface area contributed by atoms with E-state index in [1.165, 1.54) is 0 Å². The predicted molar refractivity (Wildman–Crippen MR) is 95.6 cm³/mol. The first-order valence-corrected chi connectivity index (χ1v) is 8.60. The molecule has 7 nitrogen and oxygen atoms in total. The summed E-state index contributed by atoms with van der Waals surface area (Å²) in [5.41, 5.74) is 0.440. The van der Waals surface area contributed by atoms with Crippen LogP contribution in [0.4, 0.5) is 5.82 Å². The van der Waals surface area contributed by atoms with Gasteiger partial charge < -0.3 is 14.9 Å². The average Bonchev–Trinajstić information content (AvgIpc) is 3.18. The molecule has 25 heavy (non-hydrogen) atoms. The molecule has 0 radical (unpaired) electrons. The van der Waals surface area contributed by atoms with Crippen molar-refractivity contribution in [1.29, 1.82) is 0 Å². The van der Waals surface area contributed by atoms with E-state index in [1.54, 1.807) is 28.9 Å². The van der Waals surface area contributed by atoms with Gasteiger partial charge in [0, 0.05) is 38.6 Å². The summed E-state index contributed by atoms with van der Waals surface area (Å²) in [5, 5.41) is 15.2. The summed E-state index contributed by atoms with van der Waals surface area (Å²) in [4.78, 5) is 20.6. The fourth-order valence-corrected chi connectivity index (χ4v) is 3.37. The highest BCUT2D eigenvalue weighted by Crippen LogP contribution is 2.26. The summed E-state index contributed by atoms with van der Waals surface area (Å²) in [6.07, 6.45) is 2.35. The number of rotatable bonds is 5. The van der Waals surface area contributed by atoms with E-state index in [-0.39, 0.29) is 12.5 Å². The molecule has 0 bridgehead atoms. The smallest absolute Gasteiger partial charge is 0.274 e. The Morgan fingerprint density at radius 3 is 2.88 bits per heavy atom. The SMILES string of the molecule is CCn1nc(C(=O)N(C)CC2(O)CCN(c3ccccn3)C2)cc1C. The Labute approximate surface area is 147 Å². The summed E-state index contributed by atoms with van der Waals surface area (Å²) < 4.78 is 1.80. The number of anilines is 1. The van der Waals surface area contributed by atoms with E-state index < -0.39 is 5.60 Å². The molecule has 1 aliphatic heterocycles. The standard InChI is InChI=1S/C18H25N5O2/c1-4-23-14(2)11-15(20-23)17(24)21(3)12-18(25)8-10-22(13-18)16-7-5-6-9-19-16/h5-7,9,11,25H,4,8,10,12-13H2,1-3H3. The van der Waals surface area contributed by atoms with Crippen molar-refractivity contribution >= 4 is 11.7 Å². The minimum atomic E-state index is -0.940. The Bertz CT molecular complexity index is 745. The quantitative estimate of drug-likeness (QED) is 0.886. The Morgan fingerprint density at radius 1 is 1.44 bits per heavy atom. The summed E-state index contributed by atoms with van der Waals surface area (Å²) >= 11 is 0. The first-order valence-electron chi connectivity index (χ1n) is 8.60. The highest BCUT2D eigenvalue weighted by molar-refractivity contribution is 5.92. The number of pyridine rings is 1. The topological polar surface area (TPSA) is 74.5 Å². The minimum Gasteiger partial charge on any atom is -0.386 e. The van der Waals surface area contributed by atoms with Crippen molar-refractivity contribution in [3.05, 3.63) is 41.9 Å². The molecule has 1 amide bonds. The van der Waals surface area contributed by atoms with Crippen LogP contribution >= 0.6 is 0 Å². The zero-order valence-corrected chi connectivity index (χ0v) is 15.0. The number of carbonyl (C=O) groups excluding carboxylic acids is 1. The number of amides is 1. The van der Waals surface area contributed by atoms with Crippen molar-refractivity contribution in [1.82, 2.24) is 19.7 Å². The van der Waals surface area contributed by atoms with Crippen molar-refractivity contribution in [3.63, 3.8) is 0 Å². The van der Waals surface area contributed by atoms with Crippen molar-refractivity contribution in [2.24, 2.45) is 0 Å². The number of nitrogens with zero attached hydrogens (tertiary/aromatic N) is 5. The second-order valence-corrected chi connectivity index (χ2v) is 6.73. The molecule has 134 valence electrons. The molecule has 1 aliphatic rings. The molecule has 1 unspecified atom stereocenters. The molecule has 1 N–H and O–H groups in total. The van der Waals surface area contributed by atoms with Crippen LogP contribution in [-0.4, -0.2) is 63.0 Å². The van der Waals surface area contributed by atoms with Crippen LogP contribution < -0.4 is 4.90 Å². The molecule has 3 rings (SSSR count). The third-order valence-electron chi connectivity index (χ3n) is 4.68. The van der Waals surface area contributed by atoms with E-state index in [9.17, 15) is 9.90 Å². The van der Waals surface area contributed by atoms with Crippen LogP contribution in [0.5, 0.6) is 0 Å². The van der Waals surface area contributed by atoms with Crippen LogP contribution in [0.25, 0.3) is 0 Å². The Balaban J connectivity index is 1.65. The van der Waals surface area contributed by atoms with Crippen LogP contribution in [0.3, 0.4) is 0 Å².